The third-order valence-corrected chi connectivity index (χ3v) is 5.93. The lowest BCUT2D eigenvalue weighted by molar-refractivity contribution is 0.159. The standard InChI is InChI=1S/C27H23NO/c1-17-15-18(2)25(19(3)16-17)27(29)23-14-8-10-20-9-7-13-22(24(20)23)26(27)28-21-11-5-4-6-12-21/h4-16,29H,1-3H3. The molecule has 1 atom stereocenters. The lowest BCUT2D eigenvalue weighted by Gasteiger charge is -2.30. The van der Waals surface area contributed by atoms with Gasteiger partial charge in [-0.1, -0.05) is 72.3 Å². The first-order valence-electron chi connectivity index (χ1n) is 9.97. The van der Waals surface area contributed by atoms with Crippen molar-refractivity contribution in [1.29, 1.82) is 0 Å². The van der Waals surface area contributed by atoms with Gasteiger partial charge in [-0.25, -0.2) is 4.99 Å². The van der Waals surface area contributed by atoms with Gasteiger partial charge in [0.15, 0.2) is 5.60 Å². The molecule has 0 saturated carbocycles. The van der Waals surface area contributed by atoms with Crippen LogP contribution in [-0.2, 0) is 5.60 Å². The Morgan fingerprint density at radius 2 is 1.41 bits per heavy atom. The summed E-state index contributed by atoms with van der Waals surface area (Å²) in [5.41, 5.74) is 6.45. The highest BCUT2D eigenvalue weighted by Gasteiger charge is 2.47. The van der Waals surface area contributed by atoms with Crippen molar-refractivity contribution in [2.24, 2.45) is 4.99 Å². The van der Waals surface area contributed by atoms with Crippen molar-refractivity contribution >= 4 is 22.2 Å². The molecule has 2 heteroatoms. The third-order valence-electron chi connectivity index (χ3n) is 5.93. The monoisotopic (exact) mass is 377 g/mol. The van der Waals surface area contributed by atoms with Crippen LogP contribution in [0.3, 0.4) is 0 Å². The van der Waals surface area contributed by atoms with E-state index in [1.807, 2.05) is 48.5 Å². The summed E-state index contributed by atoms with van der Waals surface area (Å²) in [4.78, 5) is 5.00. The quantitative estimate of drug-likeness (QED) is 0.447. The average Bonchev–Trinajstić information content (AvgIpc) is 2.93. The van der Waals surface area contributed by atoms with E-state index in [0.717, 1.165) is 44.3 Å². The van der Waals surface area contributed by atoms with Gasteiger partial charge in [-0.2, -0.15) is 0 Å². The molecule has 0 spiro atoms. The SMILES string of the molecule is Cc1cc(C)c(C2(O)C(=Nc3ccccc3)c3cccc4cccc2c34)c(C)c1. The second kappa shape index (κ2) is 6.40. The summed E-state index contributed by atoms with van der Waals surface area (Å²) in [6, 6.07) is 26.6. The van der Waals surface area contributed by atoms with E-state index in [4.69, 9.17) is 4.99 Å². The number of aliphatic hydroxyl groups is 1. The molecule has 1 unspecified atom stereocenters. The van der Waals surface area contributed by atoms with Crippen molar-refractivity contribution < 1.29 is 5.11 Å². The molecule has 0 aliphatic heterocycles. The van der Waals surface area contributed by atoms with Crippen LogP contribution in [-0.4, -0.2) is 10.8 Å². The fraction of sp³-hybridized carbons (Fsp3) is 0.148. The number of aryl methyl sites for hydroxylation is 3. The summed E-state index contributed by atoms with van der Waals surface area (Å²) in [6.45, 7) is 6.25. The van der Waals surface area contributed by atoms with E-state index in [2.05, 4.69) is 51.1 Å². The molecule has 5 rings (SSSR count). The zero-order valence-corrected chi connectivity index (χ0v) is 16.9. The Morgan fingerprint density at radius 1 is 0.759 bits per heavy atom. The first-order valence-corrected chi connectivity index (χ1v) is 9.97. The highest BCUT2D eigenvalue weighted by atomic mass is 16.3. The molecule has 0 radical (unpaired) electrons. The normalized spacial score (nSPS) is 19.2. The second-order valence-electron chi connectivity index (χ2n) is 7.99. The maximum atomic E-state index is 12.4. The van der Waals surface area contributed by atoms with Gasteiger partial charge in [0.25, 0.3) is 0 Å². The van der Waals surface area contributed by atoms with Gasteiger partial charge >= 0.3 is 0 Å². The van der Waals surface area contributed by atoms with E-state index in [1.165, 1.54) is 5.56 Å². The van der Waals surface area contributed by atoms with Crippen LogP contribution in [0.2, 0.25) is 0 Å². The highest BCUT2D eigenvalue weighted by Crippen LogP contribution is 2.48. The number of benzene rings is 4. The van der Waals surface area contributed by atoms with Gasteiger partial charge in [0.2, 0.25) is 0 Å². The van der Waals surface area contributed by atoms with E-state index < -0.39 is 5.60 Å². The molecule has 0 bridgehead atoms. The van der Waals surface area contributed by atoms with Crippen LogP contribution >= 0.6 is 0 Å². The summed E-state index contributed by atoms with van der Waals surface area (Å²) in [6.07, 6.45) is 0. The molecule has 1 aliphatic rings. The Kier molecular flexibility index (Phi) is 3.94. The molecule has 0 saturated heterocycles. The predicted molar refractivity (Wildman–Crippen MR) is 120 cm³/mol. The number of aliphatic imine (C=N–C) groups is 1. The van der Waals surface area contributed by atoms with Gasteiger partial charge in [0.05, 0.1) is 11.4 Å². The molecule has 4 aromatic rings. The van der Waals surface area contributed by atoms with Gasteiger partial charge in [-0.15, -0.1) is 0 Å². The minimum Gasteiger partial charge on any atom is -0.374 e. The number of nitrogens with zero attached hydrogens (tertiary/aromatic N) is 1. The molecule has 1 N–H and O–H groups in total. The Morgan fingerprint density at radius 3 is 2.10 bits per heavy atom. The van der Waals surface area contributed by atoms with Crippen LogP contribution in [0.25, 0.3) is 10.8 Å². The minimum atomic E-state index is -1.29. The van der Waals surface area contributed by atoms with Crippen molar-refractivity contribution in [1.82, 2.24) is 0 Å². The number of hydrogen-bond donors (Lipinski definition) is 1. The second-order valence-corrected chi connectivity index (χ2v) is 7.99. The van der Waals surface area contributed by atoms with Crippen LogP contribution in [0.1, 0.15) is 33.4 Å². The maximum Gasteiger partial charge on any atom is 0.159 e. The van der Waals surface area contributed by atoms with Gasteiger partial charge < -0.3 is 5.11 Å². The molecule has 1 aliphatic carbocycles. The summed E-state index contributed by atoms with van der Waals surface area (Å²) in [7, 11) is 0. The van der Waals surface area contributed by atoms with Gasteiger partial charge in [0, 0.05) is 16.7 Å². The van der Waals surface area contributed by atoms with Gasteiger partial charge in [0.1, 0.15) is 0 Å². The molecule has 29 heavy (non-hydrogen) atoms. The molecule has 4 aromatic carbocycles. The zero-order chi connectivity index (χ0) is 20.2. The van der Waals surface area contributed by atoms with E-state index >= 15 is 0 Å². The van der Waals surface area contributed by atoms with E-state index in [-0.39, 0.29) is 0 Å². The Hall–Kier alpha value is -3.23. The van der Waals surface area contributed by atoms with Crippen molar-refractivity contribution in [3.63, 3.8) is 0 Å². The molecule has 2 nitrogen and oxygen atoms in total. The lowest BCUT2D eigenvalue weighted by Crippen LogP contribution is -2.35. The molecule has 0 aromatic heterocycles. The fourth-order valence-corrected chi connectivity index (χ4v) is 4.94. The van der Waals surface area contributed by atoms with Crippen LogP contribution in [0.5, 0.6) is 0 Å². The molecular weight excluding hydrogens is 354 g/mol. The number of rotatable bonds is 2. The lowest BCUT2D eigenvalue weighted by atomic mass is 9.80. The summed E-state index contributed by atoms with van der Waals surface area (Å²) < 4.78 is 0. The van der Waals surface area contributed by atoms with Crippen molar-refractivity contribution in [3.8, 4) is 0 Å². The van der Waals surface area contributed by atoms with Crippen LogP contribution < -0.4 is 0 Å². The topological polar surface area (TPSA) is 32.6 Å². The Bertz CT molecular complexity index is 1260. The van der Waals surface area contributed by atoms with E-state index in [0.29, 0.717) is 5.71 Å². The number of para-hydroxylation sites is 1. The third kappa shape index (κ3) is 2.56. The molecule has 0 heterocycles. The minimum absolute atomic E-state index is 0.700. The van der Waals surface area contributed by atoms with Gasteiger partial charge in [-0.3, -0.25) is 0 Å². The van der Waals surface area contributed by atoms with E-state index in [9.17, 15) is 5.11 Å². The molecular formula is C27H23NO. The average molecular weight is 377 g/mol. The summed E-state index contributed by atoms with van der Waals surface area (Å²) >= 11 is 0. The van der Waals surface area contributed by atoms with Crippen molar-refractivity contribution in [2.45, 2.75) is 26.4 Å². The number of hydrogen-bond acceptors (Lipinski definition) is 2. The van der Waals surface area contributed by atoms with Crippen molar-refractivity contribution in [3.05, 3.63) is 112 Å². The Balaban J connectivity index is 1.91. The highest BCUT2D eigenvalue weighted by molar-refractivity contribution is 6.24. The van der Waals surface area contributed by atoms with Crippen LogP contribution in [0.4, 0.5) is 5.69 Å². The summed E-state index contributed by atoms with van der Waals surface area (Å²) in [5.74, 6) is 0. The molecule has 0 amide bonds. The summed E-state index contributed by atoms with van der Waals surface area (Å²) in [5, 5.41) is 14.7. The predicted octanol–water partition coefficient (Wildman–Crippen LogP) is 6.14. The van der Waals surface area contributed by atoms with Gasteiger partial charge in [-0.05, 0) is 54.8 Å². The largest absolute Gasteiger partial charge is 0.374 e. The van der Waals surface area contributed by atoms with E-state index in [1.54, 1.807) is 0 Å². The van der Waals surface area contributed by atoms with Crippen LogP contribution in [0.15, 0.2) is 83.9 Å². The molecule has 142 valence electrons. The zero-order valence-electron chi connectivity index (χ0n) is 16.9. The van der Waals surface area contributed by atoms with Crippen molar-refractivity contribution in [2.75, 3.05) is 0 Å². The molecule has 0 fully saturated rings. The first-order chi connectivity index (χ1) is 14.0. The first kappa shape index (κ1) is 17.8. The smallest absolute Gasteiger partial charge is 0.159 e. The Labute approximate surface area is 171 Å². The maximum absolute atomic E-state index is 12.4. The van der Waals surface area contributed by atoms with Crippen LogP contribution in [0, 0.1) is 20.8 Å². The fourth-order valence-electron chi connectivity index (χ4n) is 4.94.